The molecule has 4 atom stereocenters. The molecular formula is C37H47N5O6S. The van der Waals surface area contributed by atoms with Crippen molar-refractivity contribution in [2.24, 2.45) is 0 Å². The highest BCUT2D eigenvalue weighted by molar-refractivity contribution is 7.89. The molecule has 0 unspecified atom stereocenters. The fourth-order valence-electron chi connectivity index (χ4n) is 7.04. The zero-order chi connectivity index (χ0) is 34.4. The van der Waals surface area contributed by atoms with E-state index in [1.807, 2.05) is 48.0 Å². The van der Waals surface area contributed by atoms with Crippen molar-refractivity contribution in [3.8, 4) is 11.5 Å². The van der Waals surface area contributed by atoms with Gasteiger partial charge in [0.1, 0.15) is 30.8 Å². The number of benzene rings is 3. The van der Waals surface area contributed by atoms with Crippen LogP contribution in [-0.2, 0) is 26.1 Å². The number of hydrogen-bond acceptors (Lipinski definition) is 9. The molecule has 1 aromatic heterocycles. The number of phenols is 1. The number of rotatable bonds is 14. The molecule has 0 bridgehead atoms. The zero-order valence-electron chi connectivity index (χ0n) is 28.5. The number of aromatic hydroxyl groups is 1. The van der Waals surface area contributed by atoms with E-state index in [-0.39, 0.29) is 35.2 Å². The standard InChI is InChI=1S/C37H47N5O6S/c1-4-30(41-26-38-25-39-41)21-31-22-34(29-9-11-32(43)12-10-29)37(23-42(31)49(44,45)33-13-6-27(2)7-14-33)48-24-28-8-15-36-35(20-28)40(17-19-47-36)16-5-18-46-3/h6-15,20,25-26,30-31,34,37,43H,4-5,16-19,21-24H2,1-3H3/t30-,31+,34-,37+/m1/s1. The molecule has 6 rings (SSSR count). The second kappa shape index (κ2) is 15.7. The van der Waals surface area contributed by atoms with Gasteiger partial charge in [0.15, 0.2) is 0 Å². The maximum atomic E-state index is 14.5. The van der Waals surface area contributed by atoms with E-state index in [2.05, 4.69) is 28.0 Å². The molecule has 1 saturated heterocycles. The van der Waals surface area contributed by atoms with Gasteiger partial charge in [0.2, 0.25) is 10.0 Å². The minimum atomic E-state index is -3.87. The van der Waals surface area contributed by atoms with Gasteiger partial charge in [-0.05, 0) is 80.1 Å². The number of aryl methyl sites for hydroxylation is 1. The largest absolute Gasteiger partial charge is 0.508 e. The van der Waals surface area contributed by atoms with E-state index in [4.69, 9.17) is 14.2 Å². The summed E-state index contributed by atoms with van der Waals surface area (Å²) in [5, 5.41) is 14.5. The Balaban J connectivity index is 1.32. The second-order valence-corrected chi connectivity index (χ2v) is 14.9. The fraction of sp³-hybridized carbons (Fsp3) is 0.459. The highest BCUT2D eigenvalue weighted by Gasteiger charge is 2.43. The van der Waals surface area contributed by atoms with E-state index >= 15 is 0 Å². The Bertz CT molecular complexity index is 1750. The van der Waals surface area contributed by atoms with Crippen LogP contribution < -0.4 is 9.64 Å². The van der Waals surface area contributed by atoms with Crippen molar-refractivity contribution in [1.29, 1.82) is 0 Å². The number of fused-ring (bicyclic) bond motifs is 1. The van der Waals surface area contributed by atoms with E-state index in [9.17, 15) is 13.5 Å². The average Bonchev–Trinajstić information content (AvgIpc) is 3.65. The van der Waals surface area contributed by atoms with E-state index in [0.717, 1.165) is 54.1 Å². The van der Waals surface area contributed by atoms with E-state index in [1.54, 1.807) is 42.0 Å². The molecule has 3 aromatic carbocycles. The molecule has 2 aliphatic heterocycles. The minimum absolute atomic E-state index is 0.0364. The highest BCUT2D eigenvalue weighted by atomic mass is 32.2. The van der Waals surface area contributed by atoms with Crippen LogP contribution in [0.4, 0.5) is 5.69 Å². The lowest BCUT2D eigenvalue weighted by Gasteiger charge is -2.44. The lowest BCUT2D eigenvalue weighted by molar-refractivity contribution is -0.0227. The highest BCUT2D eigenvalue weighted by Crippen LogP contribution is 2.41. The fourth-order valence-corrected chi connectivity index (χ4v) is 8.69. The molecule has 0 amide bonds. The Labute approximate surface area is 289 Å². The molecule has 0 spiro atoms. The van der Waals surface area contributed by atoms with E-state index in [1.165, 1.54) is 6.33 Å². The monoisotopic (exact) mass is 689 g/mol. The Morgan fingerprint density at radius 2 is 1.88 bits per heavy atom. The van der Waals surface area contributed by atoms with E-state index < -0.39 is 16.1 Å². The van der Waals surface area contributed by atoms with Crippen LogP contribution in [0.3, 0.4) is 0 Å². The van der Waals surface area contributed by atoms with Crippen LogP contribution in [0.2, 0.25) is 0 Å². The molecule has 1 N–H and O–H groups in total. The molecule has 0 saturated carbocycles. The van der Waals surface area contributed by atoms with Gasteiger partial charge in [0, 0.05) is 38.8 Å². The summed E-state index contributed by atoms with van der Waals surface area (Å²) in [6.07, 6.45) is 5.55. The number of ether oxygens (including phenoxy) is 3. The topological polar surface area (TPSA) is 119 Å². The summed E-state index contributed by atoms with van der Waals surface area (Å²) in [7, 11) is -2.16. The van der Waals surface area contributed by atoms with Crippen LogP contribution in [0, 0.1) is 6.92 Å². The van der Waals surface area contributed by atoms with Gasteiger partial charge in [-0.3, -0.25) is 0 Å². The third-order valence-corrected chi connectivity index (χ3v) is 11.7. The van der Waals surface area contributed by atoms with Crippen LogP contribution >= 0.6 is 0 Å². The summed E-state index contributed by atoms with van der Waals surface area (Å²) >= 11 is 0. The average molecular weight is 690 g/mol. The summed E-state index contributed by atoms with van der Waals surface area (Å²) < 4.78 is 50.4. The van der Waals surface area contributed by atoms with Gasteiger partial charge >= 0.3 is 0 Å². The molecule has 11 nitrogen and oxygen atoms in total. The quantitative estimate of drug-likeness (QED) is 0.166. The summed E-state index contributed by atoms with van der Waals surface area (Å²) in [4.78, 5) is 6.74. The van der Waals surface area contributed by atoms with Gasteiger partial charge in [0.05, 0.1) is 35.9 Å². The first-order chi connectivity index (χ1) is 23.8. The Kier molecular flexibility index (Phi) is 11.2. The Morgan fingerprint density at radius 1 is 1.08 bits per heavy atom. The predicted molar refractivity (Wildman–Crippen MR) is 188 cm³/mol. The zero-order valence-corrected chi connectivity index (χ0v) is 29.3. The molecule has 4 aromatic rings. The third kappa shape index (κ3) is 8.09. The first-order valence-corrected chi connectivity index (χ1v) is 18.5. The summed E-state index contributed by atoms with van der Waals surface area (Å²) in [5.74, 6) is 0.915. The van der Waals surface area contributed by atoms with Gasteiger partial charge in [-0.2, -0.15) is 9.40 Å². The van der Waals surface area contributed by atoms with Gasteiger partial charge in [-0.15, -0.1) is 0 Å². The van der Waals surface area contributed by atoms with Crippen LogP contribution in [0.5, 0.6) is 11.5 Å². The number of piperidine rings is 1. The van der Waals surface area contributed by atoms with Crippen LogP contribution in [-0.4, -0.2) is 84.7 Å². The van der Waals surface area contributed by atoms with E-state index in [0.29, 0.717) is 32.7 Å². The molecule has 2 aliphatic rings. The predicted octanol–water partition coefficient (Wildman–Crippen LogP) is 5.70. The summed E-state index contributed by atoms with van der Waals surface area (Å²) in [5.41, 5.74) is 4.01. The van der Waals surface area contributed by atoms with Gasteiger partial charge in [0.25, 0.3) is 0 Å². The number of hydrogen-bond donors (Lipinski definition) is 1. The number of phenolic OH excluding ortho intramolecular Hbond substituents is 1. The molecule has 0 radical (unpaired) electrons. The van der Waals surface area contributed by atoms with Crippen molar-refractivity contribution < 1.29 is 27.7 Å². The van der Waals surface area contributed by atoms with Crippen LogP contribution in [0.25, 0.3) is 0 Å². The number of anilines is 1. The van der Waals surface area contributed by atoms with Gasteiger partial charge in [-0.1, -0.05) is 42.8 Å². The molecule has 49 heavy (non-hydrogen) atoms. The normalized spacial score (nSPS) is 20.5. The van der Waals surface area contributed by atoms with Crippen molar-refractivity contribution in [3.05, 3.63) is 96.1 Å². The molecule has 1 fully saturated rings. The number of sulfonamides is 1. The summed E-state index contributed by atoms with van der Waals surface area (Å²) in [6.45, 7) is 7.50. The first kappa shape index (κ1) is 34.9. The molecular weight excluding hydrogens is 643 g/mol. The minimum Gasteiger partial charge on any atom is -0.508 e. The Hall–Kier alpha value is -3.97. The lowest BCUT2D eigenvalue weighted by atomic mass is 9.82. The lowest BCUT2D eigenvalue weighted by Crippen LogP contribution is -2.52. The molecule has 3 heterocycles. The maximum Gasteiger partial charge on any atom is 0.243 e. The van der Waals surface area contributed by atoms with Crippen molar-refractivity contribution in [2.75, 3.05) is 44.9 Å². The van der Waals surface area contributed by atoms with Crippen molar-refractivity contribution >= 4 is 15.7 Å². The molecule has 262 valence electrons. The molecule has 12 heteroatoms. The third-order valence-electron chi connectivity index (χ3n) is 9.74. The Morgan fingerprint density at radius 3 is 2.59 bits per heavy atom. The number of aromatic nitrogens is 3. The smallest absolute Gasteiger partial charge is 0.243 e. The van der Waals surface area contributed by atoms with Crippen LogP contribution in [0.1, 0.15) is 61.3 Å². The number of methoxy groups -OCH3 is 1. The van der Waals surface area contributed by atoms with Crippen molar-refractivity contribution in [2.45, 2.75) is 75.1 Å². The SMILES string of the molecule is CC[C@H](C[C@H]1C[C@H](c2ccc(O)cc2)[C@@H](OCc2ccc3c(c2)N(CCCOC)CCO3)CN1S(=O)(=O)c1ccc(C)cc1)n1cncn1. The van der Waals surface area contributed by atoms with Crippen LogP contribution in [0.15, 0.2) is 84.3 Å². The summed E-state index contributed by atoms with van der Waals surface area (Å²) in [6, 6.07) is 20.0. The molecule has 0 aliphatic carbocycles. The number of nitrogens with zero attached hydrogens (tertiary/aromatic N) is 5. The van der Waals surface area contributed by atoms with Crippen molar-refractivity contribution in [3.63, 3.8) is 0 Å². The first-order valence-electron chi connectivity index (χ1n) is 17.1. The second-order valence-electron chi connectivity index (χ2n) is 13.0. The van der Waals surface area contributed by atoms with Crippen molar-refractivity contribution in [1.82, 2.24) is 19.1 Å². The van der Waals surface area contributed by atoms with Gasteiger partial charge < -0.3 is 24.2 Å². The van der Waals surface area contributed by atoms with Gasteiger partial charge in [-0.25, -0.2) is 18.1 Å². The maximum absolute atomic E-state index is 14.5.